The number of amides is 1. The van der Waals surface area contributed by atoms with Crippen molar-refractivity contribution >= 4 is 11.9 Å². The van der Waals surface area contributed by atoms with Crippen molar-refractivity contribution in [2.24, 2.45) is 0 Å². The van der Waals surface area contributed by atoms with Crippen LogP contribution in [-0.4, -0.2) is 47.4 Å². The molecule has 0 spiro atoms. The molecule has 1 amide bonds. The average Bonchev–Trinajstić information content (AvgIpc) is 3.31. The van der Waals surface area contributed by atoms with Crippen LogP contribution in [-0.2, 0) is 14.3 Å². The summed E-state index contributed by atoms with van der Waals surface area (Å²) in [7, 11) is 0. The number of hydrogen-bond acceptors (Lipinski definition) is 5. The maximum absolute atomic E-state index is 12.4. The third-order valence-electron chi connectivity index (χ3n) is 13.5. The van der Waals surface area contributed by atoms with Gasteiger partial charge in [0.15, 0.2) is 0 Å². The third kappa shape index (κ3) is 51.6. The number of unbranched alkanes of at least 4 members (excludes halogenated alkanes) is 41. The predicted molar refractivity (Wildman–Crippen MR) is 283 cm³/mol. The Balaban J connectivity index is 3.35. The summed E-state index contributed by atoms with van der Waals surface area (Å²) in [6.07, 6.45) is 66.4. The number of carbonyl (C=O) groups is 2. The van der Waals surface area contributed by atoms with E-state index in [4.69, 9.17) is 4.74 Å². The van der Waals surface area contributed by atoms with Gasteiger partial charge in [0.25, 0.3) is 0 Å². The van der Waals surface area contributed by atoms with E-state index in [0.29, 0.717) is 19.4 Å². The molecule has 0 aromatic rings. The molecule has 2 unspecified atom stereocenters. The average molecular weight is 917 g/mol. The quantitative estimate of drug-likeness (QED) is 0.0321. The summed E-state index contributed by atoms with van der Waals surface area (Å²) in [5, 5.41) is 23.0. The number of aliphatic hydroxyl groups excluding tert-OH is 2. The lowest BCUT2D eigenvalue weighted by molar-refractivity contribution is -0.143. The fraction of sp³-hybridized carbons (Fsp3) is 0.898. The molecular weight excluding hydrogens is 803 g/mol. The Morgan fingerprint density at radius 3 is 1.09 bits per heavy atom. The minimum atomic E-state index is -0.841. The zero-order valence-electron chi connectivity index (χ0n) is 43.7. The maximum Gasteiger partial charge on any atom is 0.305 e. The van der Waals surface area contributed by atoms with E-state index >= 15 is 0 Å². The second kappa shape index (κ2) is 54.9. The van der Waals surface area contributed by atoms with Gasteiger partial charge in [-0.3, -0.25) is 9.59 Å². The first-order valence-electron chi connectivity index (χ1n) is 29.1. The minimum Gasteiger partial charge on any atom is -0.466 e. The highest BCUT2D eigenvalue weighted by molar-refractivity contribution is 5.76. The van der Waals surface area contributed by atoms with Crippen molar-refractivity contribution in [2.45, 2.75) is 328 Å². The van der Waals surface area contributed by atoms with E-state index in [9.17, 15) is 19.8 Å². The van der Waals surface area contributed by atoms with Crippen molar-refractivity contribution in [3.63, 3.8) is 0 Å². The minimum absolute atomic E-state index is 0.00630. The number of hydrogen-bond donors (Lipinski definition) is 3. The Morgan fingerprint density at radius 2 is 0.723 bits per heavy atom. The van der Waals surface area contributed by atoms with Gasteiger partial charge in [0.2, 0.25) is 5.91 Å². The first kappa shape index (κ1) is 63.3. The van der Waals surface area contributed by atoms with E-state index in [1.54, 1.807) is 6.08 Å². The zero-order valence-corrected chi connectivity index (χ0v) is 43.7. The molecule has 0 aliphatic carbocycles. The van der Waals surface area contributed by atoms with Crippen LogP contribution in [0.4, 0.5) is 0 Å². The monoisotopic (exact) mass is 916 g/mol. The van der Waals surface area contributed by atoms with E-state index in [0.717, 1.165) is 44.9 Å². The van der Waals surface area contributed by atoms with Crippen LogP contribution >= 0.6 is 0 Å². The van der Waals surface area contributed by atoms with Crippen LogP contribution < -0.4 is 5.32 Å². The number of esters is 1. The molecule has 65 heavy (non-hydrogen) atoms. The Bertz CT molecular complexity index is 1010. The van der Waals surface area contributed by atoms with Gasteiger partial charge in [0, 0.05) is 12.8 Å². The molecule has 0 bridgehead atoms. The van der Waals surface area contributed by atoms with E-state index in [-0.39, 0.29) is 18.5 Å². The van der Waals surface area contributed by atoms with Gasteiger partial charge in [0.1, 0.15) is 0 Å². The van der Waals surface area contributed by atoms with Gasteiger partial charge in [-0.2, -0.15) is 0 Å². The number of rotatable bonds is 54. The molecule has 0 aromatic heterocycles. The molecule has 384 valence electrons. The largest absolute Gasteiger partial charge is 0.466 e. The standard InChI is InChI=1S/C59H113NO5/c1-3-5-7-9-11-13-15-16-30-33-37-41-45-49-53-59(64)65-54-50-46-42-38-34-31-28-26-24-22-20-18-17-19-21-23-25-27-29-32-36-40-44-48-52-58(63)60-56(55-61)57(62)51-47-43-39-35-14-12-10-8-6-4-2/h15-16,47,51,56-57,61-62H,3-14,17-46,48-50,52-55H2,1-2H3,(H,60,63)/b16-15-,51-47+. The number of aliphatic hydroxyl groups is 2. The van der Waals surface area contributed by atoms with Crippen molar-refractivity contribution in [1.82, 2.24) is 5.32 Å². The highest BCUT2D eigenvalue weighted by Gasteiger charge is 2.18. The summed E-state index contributed by atoms with van der Waals surface area (Å²) >= 11 is 0. The molecule has 0 saturated heterocycles. The summed E-state index contributed by atoms with van der Waals surface area (Å²) in [5.41, 5.74) is 0. The van der Waals surface area contributed by atoms with Gasteiger partial charge in [0.05, 0.1) is 25.4 Å². The first-order chi connectivity index (χ1) is 32.0. The van der Waals surface area contributed by atoms with Crippen LogP contribution in [0.25, 0.3) is 0 Å². The molecule has 0 rings (SSSR count). The van der Waals surface area contributed by atoms with E-state index in [1.807, 2.05) is 6.08 Å². The molecule has 0 radical (unpaired) electrons. The van der Waals surface area contributed by atoms with Crippen LogP contribution in [0, 0.1) is 0 Å². The molecule has 2 atom stereocenters. The lowest BCUT2D eigenvalue weighted by Gasteiger charge is -2.20. The molecule has 6 nitrogen and oxygen atoms in total. The van der Waals surface area contributed by atoms with Crippen LogP contribution in [0.3, 0.4) is 0 Å². The zero-order chi connectivity index (χ0) is 47.2. The number of allylic oxidation sites excluding steroid dienone is 3. The lowest BCUT2D eigenvalue weighted by atomic mass is 10.0. The Kier molecular flexibility index (Phi) is 53.5. The van der Waals surface area contributed by atoms with Crippen molar-refractivity contribution in [3.8, 4) is 0 Å². The summed E-state index contributed by atoms with van der Waals surface area (Å²) in [6, 6.07) is -0.625. The third-order valence-corrected chi connectivity index (χ3v) is 13.5. The summed E-state index contributed by atoms with van der Waals surface area (Å²) < 4.78 is 5.48. The molecule has 0 fully saturated rings. The number of nitrogens with one attached hydrogen (secondary N) is 1. The second-order valence-electron chi connectivity index (χ2n) is 20.0. The van der Waals surface area contributed by atoms with E-state index in [1.165, 1.54) is 244 Å². The topological polar surface area (TPSA) is 95.9 Å². The number of ether oxygens (including phenoxy) is 1. The Morgan fingerprint density at radius 1 is 0.415 bits per heavy atom. The molecule has 0 aromatic carbocycles. The van der Waals surface area contributed by atoms with Crippen molar-refractivity contribution < 1.29 is 24.5 Å². The smallest absolute Gasteiger partial charge is 0.305 e. The van der Waals surface area contributed by atoms with Crippen molar-refractivity contribution in [3.05, 3.63) is 24.3 Å². The first-order valence-corrected chi connectivity index (χ1v) is 29.1. The van der Waals surface area contributed by atoms with Crippen molar-refractivity contribution in [2.75, 3.05) is 13.2 Å². The van der Waals surface area contributed by atoms with Gasteiger partial charge < -0.3 is 20.3 Å². The fourth-order valence-electron chi connectivity index (χ4n) is 8.98. The molecular formula is C59H113NO5. The van der Waals surface area contributed by atoms with E-state index < -0.39 is 12.1 Å². The SMILES string of the molecule is CCCCCCC/C=C\CCCCCCCC(=O)OCCCCCCCCCCCCCCCCCCCCCCCCCCC(=O)NC(CO)C(O)/C=C/CCCCCCCCCC. The number of carbonyl (C=O) groups excluding carboxylic acids is 2. The lowest BCUT2D eigenvalue weighted by Crippen LogP contribution is -2.45. The second-order valence-corrected chi connectivity index (χ2v) is 20.0. The van der Waals surface area contributed by atoms with Crippen LogP contribution in [0.1, 0.15) is 316 Å². The van der Waals surface area contributed by atoms with Crippen LogP contribution in [0.5, 0.6) is 0 Å². The molecule has 0 aliphatic rings. The van der Waals surface area contributed by atoms with Gasteiger partial charge >= 0.3 is 5.97 Å². The summed E-state index contributed by atoms with van der Waals surface area (Å²) in [6.45, 7) is 4.88. The highest BCUT2D eigenvalue weighted by atomic mass is 16.5. The van der Waals surface area contributed by atoms with Gasteiger partial charge in [-0.05, 0) is 57.8 Å². The van der Waals surface area contributed by atoms with Crippen molar-refractivity contribution in [1.29, 1.82) is 0 Å². The normalized spacial score (nSPS) is 12.7. The molecule has 6 heteroatoms. The summed E-state index contributed by atoms with van der Waals surface area (Å²) in [4.78, 5) is 24.4. The van der Waals surface area contributed by atoms with Gasteiger partial charge in [-0.15, -0.1) is 0 Å². The van der Waals surface area contributed by atoms with Gasteiger partial charge in [-0.1, -0.05) is 269 Å². The Hall–Kier alpha value is -1.66. The molecule has 0 heterocycles. The van der Waals surface area contributed by atoms with Crippen LogP contribution in [0.15, 0.2) is 24.3 Å². The van der Waals surface area contributed by atoms with Gasteiger partial charge in [-0.25, -0.2) is 0 Å². The fourth-order valence-corrected chi connectivity index (χ4v) is 8.98. The maximum atomic E-state index is 12.4. The molecule has 0 aliphatic heterocycles. The van der Waals surface area contributed by atoms with E-state index in [2.05, 4.69) is 31.3 Å². The summed E-state index contributed by atoms with van der Waals surface area (Å²) in [5.74, 6) is -0.0619. The highest BCUT2D eigenvalue weighted by Crippen LogP contribution is 2.17. The van der Waals surface area contributed by atoms with Crippen LogP contribution in [0.2, 0.25) is 0 Å². The molecule has 3 N–H and O–H groups in total. The molecule has 0 saturated carbocycles. The predicted octanol–water partition coefficient (Wildman–Crippen LogP) is 17.9. The Labute approximate surface area is 405 Å².